The van der Waals surface area contributed by atoms with Crippen molar-refractivity contribution >= 4 is 8.53 Å². The van der Waals surface area contributed by atoms with Crippen molar-refractivity contribution in [3.8, 4) is 17.6 Å². The number of hydrogen-bond acceptors (Lipinski definition) is 10. The molecule has 0 bridgehead atoms. The van der Waals surface area contributed by atoms with E-state index in [9.17, 15) is 9.59 Å². The molecule has 3 atom stereocenters. The van der Waals surface area contributed by atoms with E-state index in [0.29, 0.717) is 23.6 Å². The molecule has 1 unspecified atom stereocenters. The Morgan fingerprint density at radius 3 is 2.04 bits per heavy atom. The van der Waals surface area contributed by atoms with Gasteiger partial charge in [0.2, 0.25) is 0 Å². The van der Waals surface area contributed by atoms with E-state index in [1.54, 1.807) is 14.2 Å². The van der Waals surface area contributed by atoms with Gasteiger partial charge in [-0.1, -0.05) is 54.6 Å². The van der Waals surface area contributed by atoms with Crippen molar-refractivity contribution in [3.63, 3.8) is 0 Å². The lowest BCUT2D eigenvalue weighted by atomic mass is 9.80. The molecule has 2 heterocycles. The third kappa shape index (κ3) is 8.81. The van der Waals surface area contributed by atoms with Crippen molar-refractivity contribution in [3.05, 3.63) is 128 Å². The van der Waals surface area contributed by atoms with Crippen LogP contribution in [0.2, 0.25) is 0 Å². The molecule has 52 heavy (non-hydrogen) atoms. The van der Waals surface area contributed by atoms with Gasteiger partial charge in [0.25, 0.3) is 14.1 Å². The van der Waals surface area contributed by atoms with Gasteiger partial charge in [-0.3, -0.25) is 14.3 Å². The highest BCUT2D eigenvalue weighted by Gasteiger charge is 2.40. The predicted octanol–water partition coefficient (Wildman–Crippen LogP) is 6.64. The lowest BCUT2D eigenvalue weighted by molar-refractivity contribution is -0.0115. The molecule has 0 radical (unpaired) electrons. The molecule has 1 N–H and O–H groups in total. The van der Waals surface area contributed by atoms with Crippen molar-refractivity contribution in [2.45, 2.75) is 77.2 Å². The van der Waals surface area contributed by atoms with Crippen LogP contribution in [0.15, 0.2) is 94.5 Å². The van der Waals surface area contributed by atoms with Crippen molar-refractivity contribution in [1.29, 1.82) is 5.26 Å². The summed E-state index contributed by atoms with van der Waals surface area (Å²) in [7, 11) is 1.70. The minimum Gasteiger partial charge on any atom is -0.497 e. The second-order valence-electron chi connectivity index (χ2n) is 12.9. The van der Waals surface area contributed by atoms with Gasteiger partial charge in [0.05, 0.1) is 58.3 Å². The normalized spacial score (nSPS) is 16.7. The molecule has 276 valence electrons. The zero-order chi connectivity index (χ0) is 37.3. The third-order valence-electron chi connectivity index (χ3n) is 8.79. The summed E-state index contributed by atoms with van der Waals surface area (Å²) in [5.74, 6) is 1.37. The molecule has 0 amide bonds. The smallest absolute Gasteiger partial charge is 0.330 e. The number of hydrogen-bond donors (Lipinski definition) is 1. The lowest BCUT2D eigenvalue weighted by Gasteiger charge is -2.36. The van der Waals surface area contributed by atoms with Gasteiger partial charge in [-0.15, -0.1) is 0 Å². The molecule has 5 rings (SSSR count). The molecule has 1 fully saturated rings. The third-order valence-corrected chi connectivity index (χ3v) is 11.0. The van der Waals surface area contributed by atoms with Crippen LogP contribution in [0.3, 0.4) is 0 Å². The van der Waals surface area contributed by atoms with Gasteiger partial charge in [-0.25, -0.2) is 9.46 Å². The largest absolute Gasteiger partial charge is 0.497 e. The summed E-state index contributed by atoms with van der Waals surface area (Å²) in [5, 5.41) is 9.11. The Labute approximate surface area is 305 Å². The topological polar surface area (TPSA) is 137 Å². The molecule has 0 spiro atoms. The van der Waals surface area contributed by atoms with Crippen LogP contribution in [0.4, 0.5) is 0 Å². The van der Waals surface area contributed by atoms with E-state index in [-0.39, 0.29) is 38.3 Å². The maximum absolute atomic E-state index is 13.6. The molecule has 1 aliphatic rings. The second kappa shape index (κ2) is 17.9. The zero-order valence-electron chi connectivity index (χ0n) is 30.5. The van der Waals surface area contributed by atoms with E-state index < -0.39 is 37.7 Å². The Balaban J connectivity index is 1.51. The number of benzene rings is 3. The number of nitriles is 1. The highest BCUT2D eigenvalue weighted by Crippen LogP contribution is 2.49. The molecular formula is C39H47N4O8P. The number of H-pyrrole nitrogens is 1. The minimum absolute atomic E-state index is 0.123. The van der Waals surface area contributed by atoms with E-state index in [2.05, 4.69) is 43.4 Å². The van der Waals surface area contributed by atoms with Crippen LogP contribution < -0.4 is 20.7 Å². The fourth-order valence-electron chi connectivity index (χ4n) is 6.49. The van der Waals surface area contributed by atoms with Crippen LogP contribution in [0.25, 0.3) is 0 Å². The number of methoxy groups -OCH3 is 2. The molecule has 3 aromatic carbocycles. The standard InChI is InChI=1S/C39H47N4O8P/c1-27(2)43(28(3)4)52(50-22-10-21-40)51-35-24-37(48-26-35)42-32(23-36(44)41-38(42)45)25-49-39(29-11-8-7-9-12-29,30-13-17-33(46-5)18-14-30)31-15-19-34(47-6)20-16-31/h7-9,11-20,23,27-28,35,37H,10,22,24-26H2,1-6H3,(H,41,44,45)/t35-,37+,52?/m0/s1. The van der Waals surface area contributed by atoms with E-state index in [4.69, 9.17) is 33.3 Å². The molecule has 0 saturated carbocycles. The first-order valence-electron chi connectivity index (χ1n) is 17.3. The molecule has 0 aliphatic carbocycles. The Morgan fingerprint density at radius 2 is 1.50 bits per heavy atom. The Bertz CT molecular complexity index is 1840. The molecular weight excluding hydrogens is 683 g/mol. The number of rotatable bonds is 17. The van der Waals surface area contributed by atoms with Crippen LogP contribution in [0.1, 0.15) is 69.1 Å². The summed E-state index contributed by atoms with van der Waals surface area (Å²) in [5.41, 5.74) is 0.425. The fraction of sp³-hybridized carbons (Fsp3) is 0.410. The van der Waals surface area contributed by atoms with E-state index in [1.165, 1.54) is 10.6 Å². The van der Waals surface area contributed by atoms with Crippen LogP contribution in [0, 0.1) is 11.3 Å². The van der Waals surface area contributed by atoms with Gasteiger partial charge in [0.1, 0.15) is 23.3 Å². The van der Waals surface area contributed by atoms with E-state index in [1.807, 2.05) is 78.9 Å². The number of ether oxygens (including phenoxy) is 4. The molecule has 1 aliphatic heterocycles. The first-order chi connectivity index (χ1) is 25.1. The molecule has 12 nitrogen and oxygen atoms in total. The molecule has 1 aromatic heterocycles. The quantitative estimate of drug-likeness (QED) is 0.0715. The van der Waals surface area contributed by atoms with Crippen molar-refractivity contribution in [1.82, 2.24) is 14.2 Å². The number of aromatic amines is 1. The Hall–Kier alpha value is -4.34. The van der Waals surface area contributed by atoms with Gasteiger partial charge < -0.3 is 28.0 Å². The minimum atomic E-state index is -1.53. The average Bonchev–Trinajstić information content (AvgIpc) is 3.60. The lowest BCUT2D eigenvalue weighted by Crippen LogP contribution is -2.37. The highest BCUT2D eigenvalue weighted by molar-refractivity contribution is 7.44. The molecule has 4 aromatic rings. The fourth-order valence-corrected chi connectivity index (χ4v) is 8.20. The monoisotopic (exact) mass is 730 g/mol. The summed E-state index contributed by atoms with van der Waals surface area (Å²) >= 11 is 0. The van der Waals surface area contributed by atoms with Gasteiger partial charge in [0, 0.05) is 24.6 Å². The first kappa shape index (κ1) is 38.9. The number of nitrogens with one attached hydrogen (secondary N) is 1. The van der Waals surface area contributed by atoms with Crippen molar-refractivity contribution < 1.29 is 28.0 Å². The van der Waals surface area contributed by atoms with Crippen molar-refractivity contribution in [2.24, 2.45) is 0 Å². The summed E-state index contributed by atoms with van der Waals surface area (Å²) in [4.78, 5) is 28.8. The van der Waals surface area contributed by atoms with Gasteiger partial charge in [-0.05, 0) is 68.7 Å². The zero-order valence-corrected chi connectivity index (χ0v) is 31.4. The maximum atomic E-state index is 13.6. The van der Waals surface area contributed by atoms with Crippen LogP contribution in [-0.4, -0.2) is 59.8 Å². The molecule has 1 saturated heterocycles. The Kier molecular flexibility index (Phi) is 13.4. The average molecular weight is 731 g/mol. The number of nitrogens with zero attached hydrogens (tertiary/aromatic N) is 3. The van der Waals surface area contributed by atoms with E-state index >= 15 is 0 Å². The summed E-state index contributed by atoms with van der Waals surface area (Å²) in [6.45, 7) is 8.59. The summed E-state index contributed by atoms with van der Waals surface area (Å²) in [6, 6.07) is 28.8. The Morgan fingerprint density at radius 1 is 0.923 bits per heavy atom. The van der Waals surface area contributed by atoms with Crippen LogP contribution in [0.5, 0.6) is 11.5 Å². The second-order valence-corrected chi connectivity index (χ2v) is 14.3. The molecule has 13 heteroatoms. The van der Waals surface area contributed by atoms with Crippen molar-refractivity contribution in [2.75, 3.05) is 27.4 Å². The number of aromatic nitrogens is 2. The first-order valence-corrected chi connectivity index (χ1v) is 18.4. The van der Waals surface area contributed by atoms with Crippen LogP contribution >= 0.6 is 8.53 Å². The highest BCUT2D eigenvalue weighted by atomic mass is 31.2. The summed E-state index contributed by atoms with van der Waals surface area (Å²) in [6.07, 6.45) is -0.593. The summed E-state index contributed by atoms with van der Waals surface area (Å²) < 4.78 is 40.4. The SMILES string of the molecule is COc1ccc(C(OCc2cc(=O)[nH]c(=O)n2[C@H]2C[C@H](OP(OCCC#N)N(C(C)C)C(C)C)CO2)(c2ccccc2)c2ccc(OC)cc2)cc1. The maximum Gasteiger partial charge on any atom is 0.330 e. The van der Waals surface area contributed by atoms with E-state index in [0.717, 1.165) is 16.7 Å². The predicted molar refractivity (Wildman–Crippen MR) is 198 cm³/mol. The van der Waals surface area contributed by atoms with Gasteiger partial charge >= 0.3 is 5.69 Å². The van der Waals surface area contributed by atoms with Crippen LogP contribution in [-0.2, 0) is 30.7 Å². The van der Waals surface area contributed by atoms with Gasteiger partial charge in [-0.2, -0.15) is 5.26 Å². The van der Waals surface area contributed by atoms with Gasteiger partial charge in [0.15, 0.2) is 0 Å².